The summed E-state index contributed by atoms with van der Waals surface area (Å²) in [7, 11) is 0. The predicted molar refractivity (Wildman–Crippen MR) is 99.3 cm³/mol. The number of nitrogens with one attached hydrogen (secondary N) is 1. The Bertz CT molecular complexity index is 530. The summed E-state index contributed by atoms with van der Waals surface area (Å²) in [6.45, 7) is 9.15. The van der Waals surface area contributed by atoms with Gasteiger partial charge in [0.25, 0.3) is 0 Å². The molecule has 6 nitrogen and oxygen atoms in total. The van der Waals surface area contributed by atoms with Crippen LogP contribution in [0.3, 0.4) is 0 Å². The predicted octanol–water partition coefficient (Wildman–Crippen LogP) is 1.86. The van der Waals surface area contributed by atoms with Gasteiger partial charge in [0.05, 0.1) is 6.54 Å². The highest BCUT2D eigenvalue weighted by Gasteiger charge is 2.20. The number of rotatable bonds is 7. The fraction of sp³-hybridized carbons (Fsp3) is 0.789. The number of aryl methyl sites for hydroxylation is 1. The number of nitrogens with zero attached hydrogens (tertiary/aromatic N) is 4. The minimum Gasteiger partial charge on any atom is -0.353 e. The Kier molecular flexibility index (Phi) is 6.87. The van der Waals surface area contributed by atoms with Gasteiger partial charge in [-0.1, -0.05) is 19.3 Å². The number of imidazole rings is 1. The third-order valence-corrected chi connectivity index (χ3v) is 5.60. The Balaban J connectivity index is 1.33. The van der Waals surface area contributed by atoms with E-state index in [0.717, 1.165) is 64.5 Å². The highest BCUT2D eigenvalue weighted by molar-refractivity contribution is 5.76. The molecule has 1 aromatic heterocycles. The fourth-order valence-corrected chi connectivity index (χ4v) is 3.96. The molecule has 6 heteroatoms. The topological polar surface area (TPSA) is 53.4 Å². The first-order valence-corrected chi connectivity index (χ1v) is 9.98. The molecule has 1 aliphatic heterocycles. The SMILES string of the molecule is CCn1ccnc1CN1CCN(CCC(=O)NC2CCCCC2)CC1. The molecular weight excluding hydrogens is 314 g/mol. The van der Waals surface area contributed by atoms with E-state index in [1.54, 1.807) is 0 Å². The molecule has 0 unspecified atom stereocenters. The van der Waals surface area contributed by atoms with Crippen LogP contribution in [0.1, 0.15) is 51.3 Å². The van der Waals surface area contributed by atoms with Crippen molar-refractivity contribution in [2.45, 2.75) is 64.6 Å². The van der Waals surface area contributed by atoms with Crippen LogP contribution in [0.25, 0.3) is 0 Å². The quantitative estimate of drug-likeness (QED) is 0.818. The van der Waals surface area contributed by atoms with Crippen LogP contribution in [0.2, 0.25) is 0 Å². The average molecular weight is 348 g/mol. The molecule has 1 aromatic rings. The van der Waals surface area contributed by atoms with E-state index in [-0.39, 0.29) is 5.91 Å². The Hall–Kier alpha value is -1.40. The van der Waals surface area contributed by atoms with Crippen molar-refractivity contribution in [1.29, 1.82) is 0 Å². The Labute approximate surface area is 151 Å². The summed E-state index contributed by atoms with van der Waals surface area (Å²) < 4.78 is 2.21. The lowest BCUT2D eigenvalue weighted by Crippen LogP contribution is -2.47. The van der Waals surface area contributed by atoms with Gasteiger partial charge < -0.3 is 14.8 Å². The van der Waals surface area contributed by atoms with Crippen molar-refractivity contribution in [3.05, 3.63) is 18.2 Å². The van der Waals surface area contributed by atoms with Crippen LogP contribution >= 0.6 is 0 Å². The zero-order valence-electron chi connectivity index (χ0n) is 15.6. The molecule has 1 amide bonds. The second-order valence-corrected chi connectivity index (χ2v) is 7.40. The number of carbonyl (C=O) groups excluding carboxylic acids is 1. The molecule has 0 aromatic carbocycles. The zero-order chi connectivity index (χ0) is 17.5. The van der Waals surface area contributed by atoms with Crippen molar-refractivity contribution in [3.63, 3.8) is 0 Å². The van der Waals surface area contributed by atoms with Crippen molar-refractivity contribution in [1.82, 2.24) is 24.7 Å². The number of hydrogen-bond acceptors (Lipinski definition) is 4. The van der Waals surface area contributed by atoms with Crippen LogP contribution in [0.4, 0.5) is 0 Å². The van der Waals surface area contributed by atoms with Crippen molar-refractivity contribution in [3.8, 4) is 0 Å². The number of amides is 1. The van der Waals surface area contributed by atoms with Gasteiger partial charge in [0.15, 0.2) is 0 Å². The van der Waals surface area contributed by atoms with Crippen LogP contribution in [-0.2, 0) is 17.9 Å². The summed E-state index contributed by atoms with van der Waals surface area (Å²) in [5.41, 5.74) is 0. The summed E-state index contributed by atoms with van der Waals surface area (Å²) >= 11 is 0. The van der Waals surface area contributed by atoms with Crippen molar-refractivity contribution in [2.24, 2.45) is 0 Å². The minimum absolute atomic E-state index is 0.235. The van der Waals surface area contributed by atoms with E-state index < -0.39 is 0 Å². The molecule has 2 heterocycles. The van der Waals surface area contributed by atoms with E-state index in [4.69, 9.17) is 0 Å². The van der Waals surface area contributed by atoms with Crippen LogP contribution in [0.5, 0.6) is 0 Å². The van der Waals surface area contributed by atoms with E-state index in [1.807, 2.05) is 6.20 Å². The summed E-state index contributed by atoms with van der Waals surface area (Å²) in [4.78, 5) is 21.5. The van der Waals surface area contributed by atoms with Crippen LogP contribution in [0.15, 0.2) is 12.4 Å². The maximum Gasteiger partial charge on any atom is 0.221 e. The highest BCUT2D eigenvalue weighted by Crippen LogP contribution is 2.17. The van der Waals surface area contributed by atoms with Gasteiger partial charge >= 0.3 is 0 Å². The van der Waals surface area contributed by atoms with Crippen molar-refractivity contribution < 1.29 is 4.79 Å². The second-order valence-electron chi connectivity index (χ2n) is 7.40. The number of aromatic nitrogens is 2. The number of carbonyl (C=O) groups is 1. The Morgan fingerprint density at radius 3 is 2.60 bits per heavy atom. The van der Waals surface area contributed by atoms with Gasteiger partial charge in [0.2, 0.25) is 5.91 Å². The maximum absolute atomic E-state index is 12.1. The first-order valence-electron chi connectivity index (χ1n) is 9.98. The van der Waals surface area contributed by atoms with Gasteiger partial charge in [-0.3, -0.25) is 9.69 Å². The monoisotopic (exact) mass is 347 g/mol. The third-order valence-electron chi connectivity index (χ3n) is 5.60. The van der Waals surface area contributed by atoms with E-state index >= 15 is 0 Å². The highest BCUT2D eigenvalue weighted by atomic mass is 16.1. The first-order chi connectivity index (χ1) is 12.2. The summed E-state index contributed by atoms with van der Waals surface area (Å²) in [6, 6.07) is 0.431. The normalized spacial score (nSPS) is 20.7. The van der Waals surface area contributed by atoms with Crippen LogP contribution in [-0.4, -0.2) is 64.0 Å². The van der Waals surface area contributed by atoms with Crippen molar-refractivity contribution in [2.75, 3.05) is 32.7 Å². The van der Waals surface area contributed by atoms with Crippen LogP contribution < -0.4 is 5.32 Å². The van der Waals surface area contributed by atoms with Crippen LogP contribution in [0, 0.1) is 0 Å². The molecule has 140 valence electrons. The molecule has 1 saturated carbocycles. The summed E-state index contributed by atoms with van der Waals surface area (Å²) in [5, 5.41) is 3.22. The fourth-order valence-electron chi connectivity index (χ4n) is 3.96. The molecular formula is C19H33N5O. The van der Waals surface area contributed by atoms with E-state index in [0.29, 0.717) is 12.5 Å². The second kappa shape index (κ2) is 9.34. The summed E-state index contributed by atoms with van der Waals surface area (Å²) in [6.07, 6.45) is 10.8. The molecule has 1 saturated heterocycles. The van der Waals surface area contributed by atoms with Crippen molar-refractivity contribution >= 4 is 5.91 Å². The molecule has 1 N–H and O–H groups in total. The molecule has 0 radical (unpaired) electrons. The number of piperazine rings is 1. The van der Waals surface area contributed by atoms with Gasteiger partial charge in [-0.05, 0) is 19.8 Å². The first kappa shape index (κ1) is 18.4. The smallest absolute Gasteiger partial charge is 0.221 e. The lowest BCUT2D eigenvalue weighted by Gasteiger charge is -2.34. The van der Waals surface area contributed by atoms with E-state index in [2.05, 4.69) is 37.8 Å². The summed E-state index contributed by atoms with van der Waals surface area (Å²) in [5.74, 6) is 1.39. The molecule has 25 heavy (non-hydrogen) atoms. The third kappa shape index (κ3) is 5.54. The van der Waals surface area contributed by atoms with Gasteiger partial charge in [-0.2, -0.15) is 0 Å². The molecule has 0 spiro atoms. The largest absolute Gasteiger partial charge is 0.353 e. The van der Waals surface area contributed by atoms with E-state index in [9.17, 15) is 4.79 Å². The molecule has 2 fully saturated rings. The zero-order valence-corrected chi connectivity index (χ0v) is 15.6. The number of hydrogen-bond donors (Lipinski definition) is 1. The molecule has 2 aliphatic rings. The molecule has 1 aliphatic carbocycles. The lowest BCUT2D eigenvalue weighted by atomic mass is 9.95. The van der Waals surface area contributed by atoms with Gasteiger partial charge in [-0.25, -0.2) is 4.98 Å². The molecule has 0 atom stereocenters. The molecule has 3 rings (SSSR count). The Morgan fingerprint density at radius 1 is 1.16 bits per heavy atom. The van der Waals surface area contributed by atoms with Gasteiger partial charge in [0, 0.05) is 64.1 Å². The standard InChI is InChI=1S/C19H33N5O/c1-2-24-11-9-20-18(24)16-23-14-12-22(13-15-23)10-8-19(25)21-17-6-4-3-5-7-17/h9,11,17H,2-8,10,12-16H2,1H3,(H,21,25). The van der Waals surface area contributed by atoms with Gasteiger partial charge in [0.1, 0.15) is 5.82 Å². The molecule has 0 bridgehead atoms. The van der Waals surface area contributed by atoms with Gasteiger partial charge in [-0.15, -0.1) is 0 Å². The lowest BCUT2D eigenvalue weighted by molar-refractivity contribution is -0.122. The minimum atomic E-state index is 0.235. The van der Waals surface area contributed by atoms with E-state index in [1.165, 1.54) is 19.3 Å². The Morgan fingerprint density at radius 2 is 1.88 bits per heavy atom. The average Bonchev–Trinajstić information content (AvgIpc) is 3.09. The maximum atomic E-state index is 12.1.